The van der Waals surface area contributed by atoms with E-state index in [4.69, 9.17) is 10.8 Å². The van der Waals surface area contributed by atoms with Gasteiger partial charge in [-0.05, 0) is 32.6 Å². The van der Waals surface area contributed by atoms with Crippen LogP contribution in [0.15, 0.2) is 0 Å². The van der Waals surface area contributed by atoms with Gasteiger partial charge in [-0.1, -0.05) is 13.8 Å². The second-order valence-corrected chi connectivity index (χ2v) is 7.25. The summed E-state index contributed by atoms with van der Waals surface area (Å²) in [5.74, 6) is -3.00. The van der Waals surface area contributed by atoms with Crippen molar-refractivity contribution in [1.82, 2.24) is 15.5 Å². The molecule has 1 heterocycles. The molecule has 5 unspecified atom stereocenters. The Balaban J connectivity index is 2.77. The molecule has 3 amide bonds. The number of rotatable bonds is 8. The molecule has 1 fully saturated rings. The van der Waals surface area contributed by atoms with Gasteiger partial charge in [0, 0.05) is 6.54 Å². The summed E-state index contributed by atoms with van der Waals surface area (Å²) in [7, 11) is 0. The van der Waals surface area contributed by atoms with Crippen molar-refractivity contribution in [2.75, 3.05) is 6.54 Å². The Kier molecular flexibility index (Phi) is 8.17. The SMILES string of the molecule is CC(NC(=O)C(N)C(C)C)C(=O)N1CCCC1C(=O)NC(C(=O)O)C(C)O. The highest BCUT2D eigenvalue weighted by Gasteiger charge is 2.38. The highest BCUT2D eigenvalue weighted by Crippen LogP contribution is 2.19. The van der Waals surface area contributed by atoms with E-state index in [2.05, 4.69) is 10.6 Å². The quantitative estimate of drug-likeness (QED) is 0.336. The molecule has 5 atom stereocenters. The van der Waals surface area contributed by atoms with E-state index < -0.39 is 54.0 Å². The number of carboxylic acids is 1. The van der Waals surface area contributed by atoms with Crippen molar-refractivity contribution in [3.05, 3.63) is 0 Å². The Bertz CT molecular complexity index is 580. The van der Waals surface area contributed by atoms with Crippen molar-refractivity contribution in [2.24, 2.45) is 11.7 Å². The Morgan fingerprint density at radius 1 is 1.11 bits per heavy atom. The lowest BCUT2D eigenvalue weighted by molar-refractivity contribution is -0.147. The summed E-state index contributed by atoms with van der Waals surface area (Å²) >= 11 is 0. The molecule has 10 heteroatoms. The zero-order valence-corrected chi connectivity index (χ0v) is 16.1. The van der Waals surface area contributed by atoms with E-state index in [0.29, 0.717) is 19.4 Å². The van der Waals surface area contributed by atoms with E-state index >= 15 is 0 Å². The molecule has 0 aliphatic carbocycles. The number of carbonyl (C=O) groups excluding carboxylic acids is 3. The molecule has 0 saturated carbocycles. The van der Waals surface area contributed by atoms with Crippen molar-refractivity contribution < 1.29 is 29.4 Å². The molecule has 154 valence electrons. The summed E-state index contributed by atoms with van der Waals surface area (Å²) in [6.07, 6.45) is -0.342. The summed E-state index contributed by atoms with van der Waals surface area (Å²) in [5.41, 5.74) is 5.77. The Labute approximate surface area is 158 Å². The van der Waals surface area contributed by atoms with Crippen molar-refractivity contribution in [1.29, 1.82) is 0 Å². The molecule has 0 aromatic carbocycles. The van der Waals surface area contributed by atoms with Gasteiger partial charge in [-0.25, -0.2) is 4.79 Å². The maximum atomic E-state index is 12.7. The fraction of sp³-hybridized carbons (Fsp3) is 0.765. The lowest BCUT2D eigenvalue weighted by Gasteiger charge is -2.29. The van der Waals surface area contributed by atoms with Crippen molar-refractivity contribution in [2.45, 2.75) is 70.8 Å². The number of hydrogen-bond donors (Lipinski definition) is 5. The van der Waals surface area contributed by atoms with Gasteiger partial charge in [0.05, 0.1) is 12.1 Å². The van der Waals surface area contributed by atoms with Gasteiger partial charge in [0.15, 0.2) is 6.04 Å². The lowest BCUT2D eigenvalue weighted by atomic mass is 10.0. The van der Waals surface area contributed by atoms with Crippen LogP contribution in [0.1, 0.15) is 40.5 Å². The smallest absolute Gasteiger partial charge is 0.328 e. The maximum Gasteiger partial charge on any atom is 0.328 e. The van der Waals surface area contributed by atoms with Crippen molar-refractivity contribution in [3.8, 4) is 0 Å². The average Bonchev–Trinajstić information content (AvgIpc) is 3.06. The second kappa shape index (κ2) is 9.65. The number of carbonyl (C=O) groups is 4. The minimum atomic E-state index is -1.46. The van der Waals surface area contributed by atoms with Gasteiger partial charge in [0.2, 0.25) is 17.7 Å². The van der Waals surface area contributed by atoms with Crippen LogP contribution < -0.4 is 16.4 Å². The average molecular weight is 386 g/mol. The topological polar surface area (TPSA) is 162 Å². The van der Waals surface area contributed by atoms with E-state index in [-0.39, 0.29) is 5.92 Å². The standard InChI is InChI=1S/C17H30N4O6/c1-8(2)12(18)15(24)19-9(3)16(25)21-7-5-6-11(21)14(23)20-13(10(4)22)17(26)27/h8-13,22H,5-7,18H2,1-4H3,(H,19,24)(H,20,23)(H,26,27). The van der Waals surface area contributed by atoms with Gasteiger partial charge in [-0.2, -0.15) is 0 Å². The lowest BCUT2D eigenvalue weighted by Crippen LogP contribution is -2.57. The van der Waals surface area contributed by atoms with Gasteiger partial charge in [0.1, 0.15) is 12.1 Å². The zero-order chi connectivity index (χ0) is 20.9. The molecule has 1 saturated heterocycles. The van der Waals surface area contributed by atoms with Gasteiger partial charge in [-0.15, -0.1) is 0 Å². The molecule has 10 nitrogen and oxygen atoms in total. The van der Waals surface area contributed by atoms with E-state index in [1.165, 1.54) is 18.7 Å². The molecule has 0 bridgehead atoms. The number of likely N-dealkylation sites (tertiary alicyclic amines) is 1. The highest BCUT2D eigenvalue weighted by atomic mass is 16.4. The first-order chi connectivity index (χ1) is 12.5. The summed E-state index contributed by atoms with van der Waals surface area (Å²) in [6, 6.07) is -3.93. The first-order valence-electron chi connectivity index (χ1n) is 9.05. The third-order valence-corrected chi connectivity index (χ3v) is 4.63. The molecule has 0 aromatic rings. The summed E-state index contributed by atoms with van der Waals surface area (Å²) < 4.78 is 0. The number of nitrogens with zero attached hydrogens (tertiary/aromatic N) is 1. The zero-order valence-electron chi connectivity index (χ0n) is 16.1. The van der Waals surface area contributed by atoms with Gasteiger partial charge in [0.25, 0.3) is 0 Å². The number of nitrogens with two attached hydrogens (primary N) is 1. The van der Waals surface area contributed by atoms with Crippen LogP contribution in [0.25, 0.3) is 0 Å². The van der Waals surface area contributed by atoms with Crippen LogP contribution in [-0.4, -0.2) is 75.6 Å². The van der Waals surface area contributed by atoms with Crippen LogP contribution in [0.3, 0.4) is 0 Å². The molecule has 0 radical (unpaired) electrons. The van der Waals surface area contributed by atoms with E-state index in [9.17, 15) is 24.3 Å². The number of aliphatic hydroxyl groups excluding tert-OH is 1. The molecule has 6 N–H and O–H groups in total. The van der Waals surface area contributed by atoms with Crippen LogP contribution in [0.5, 0.6) is 0 Å². The van der Waals surface area contributed by atoms with Crippen LogP contribution >= 0.6 is 0 Å². The van der Waals surface area contributed by atoms with Crippen molar-refractivity contribution >= 4 is 23.7 Å². The van der Waals surface area contributed by atoms with Gasteiger partial charge >= 0.3 is 5.97 Å². The van der Waals surface area contributed by atoms with Crippen LogP contribution in [0, 0.1) is 5.92 Å². The number of aliphatic carboxylic acids is 1. The van der Waals surface area contributed by atoms with E-state index in [1.807, 2.05) is 0 Å². The highest BCUT2D eigenvalue weighted by molar-refractivity contribution is 5.94. The Morgan fingerprint density at radius 2 is 1.70 bits per heavy atom. The Hall–Kier alpha value is -2.20. The third kappa shape index (κ3) is 5.90. The summed E-state index contributed by atoms with van der Waals surface area (Å²) in [4.78, 5) is 49.6. The van der Waals surface area contributed by atoms with Crippen LogP contribution in [-0.2, 0) is 19.2 Å². The van der Waals surface area contributed by atoms with Gasteiger partial charge in [-0.3, -0.25) is 14.4 Å². The molecule has 1 rings (SSSR count). The molecular formula is C17H30N4O6. The fourth-order valence-electron chi connectivity index (χ4n) is 2.86. The monoisotopic (exact) mass is 386 g/mol. The predicted octanol–water partition coefficient (Wildman–Crippen LogP) is -1.58. The number of aliphatic hydroxyl groups is 1. The van der Waals surface area contributed by atoms with E-state index in [0.717, 1.165) is 0 Å². The third-order valence-electron chi connectivity index (χ3n) is 4.63. The largest absolute Gasteiger partial charge is 0.480 e. The number of nitrogens with one attached hydrogen (secondary N) is 2. The molecule has 1 aliphatic rings. The molecule has 1 aliphatic heterocycles. The normalized spacial score (nSPS) is 21.3. The van der Waals surface area contributed by atoms with Crippen LogP contribution in [0.2, 0.25) is 0 Å². The number of amides is 3. The minimum Gasteiger partial charge on any atom is -0.480 e. The van der Waals surface area contributed by atoms with Gasteiger partial charge < -0.3 is 31.5 Å². The summed E-state index contributed by atoms with van der Waals surface area (Å²) in [5, 5.41) is 23.4. The van der Waals surface area contributed by atoms with E-state index in [1.54, 1.807) is 13.8 Å². The maximum absolute atomic E-state index is 12.7. The minimum absolute atomic E-state index is 0.0916. The molecular weight excluding hydrogens is 356 g/mol. The molecule has 0 spiro atoms. The first kappa shape index (κ1) is 22.8. The molecule has 27 heavy (non-hydrogen) atoms. The first-order valence-corrected chi connectivity index (χ1v) is 9.05. The Morgan fingerprint density at radius 3 is 2.19 bits per heavy atom. The number of carboxylic acid groups (broad SMARTS) is 1. The fourth-order valence-corrected chi connectivity index (χ4v) is 2.86. The number of hydrogen-bond acceptors (Lipinski definition) is 6. The predicted molar refractivity (Wildman–Crippen MR) is 96.4 cm³/mol. The summed E-state index contributed by atoms with van der Waals surface area (Å²) in [6.45, 7) is 6.67. The second-order valence-electron chi connectivity index (χ2n) is 7.25. The van der Waals surface area contributed by atoms with Crippen LogP contribution in [0.4, 0.5) is 0 Å². The molecule has 0 aromatic heterocycles. The van der Waals surface area contributed by atoms with Crippen molar-refractivity contribution in [3.63, 3.8) is 0 Å².